The molecule has 3 N–H and O–H groups in total. The van der Waals surface area contributed by atoms with Crippen molar-refractivity contribution >= 4 is 45.7 Å². The quantitative estimate of drug-likeness (QED) is 0.573. The lowest BCUT2D eigenvalue weighted by Gasteiger charge is -2.05. The predicted octanol–water partition coefficient (Wildman–Crippen LogP) is 4.41. The number of nitrogens with one attached hydrogen (secondary N) is 3. The normalized spacial score (nSPS) is 10.3. The van der Waals surface area contributed by atoms with E-state index in [0.717, 1.165) is 12.0 Å². The van der Waals surface area contributed by atoms with E-state index in [0.29, 0.717) is 22.4 Å². The summed E-state index contributed by atoms with van der Waals surface area (Å²) in [5, 5.41) is 10.5. The Morgan fingerprint density at radius 1 is 1.04 bits per heavy atom. The van der Waals surface area contributed by atoms with Crippen LogP contribution in [0.4, 0.5) is 15.6 Å². The SMILES string of the molecule is O=C(Nc1cccc(Cl)c1)Nc1nc(C(=O)NCCc2ccccc2)cs1. The smallest absolute Gasteiger partial charge is 0.325 e. The minimum Gasteiger partial charge on any atom is -0.350 e. The zero-order valence-electron chi connectivity index (χ0n) is 14.2. The fourth-order valence-corrected chi connectivity index (χ4v) is 3.19. The molecule has 0 fully saturated rings. The van der Waals surface area contributed by atoms with Crippen molar-refractivity contribution in [3.8, 4) is 0 Å². The van der Waals surface area contributed by atoms with Crippen molar-refractivity contribution in [1.29, 1.82) is 0 Å². The first-order chi connectivity index (χ1) is 13.1. The van der Waals surface area contributed by atoms with Gasteiger partial charge >= 0.3 is 6.03 Å². The molecule has 0 bridgehead atoms. The summed E-state index contributed by atoms with van der Waals surface area (Å²) >= 11 is 7.06. The molecule has 0 radical (unpaired) electrons. The van der Waals surface area contributed by atoms with Crippen LogP contribution in [-0.4, -0.2) is 23.5 Å². The van der Waals surface area contributed by atoms with Crippen molar-refractivity contribution < 1.29 is 9.59 Å². The Morgan fingerprint density at radius 2 is 1.85 bits per heavy atom. The van der Waals surface area contributed by atoms with E-state index < -0.39 is 6.03 Å². The predicted molar refractivity (Wildman–Crippen MR) is 109 cm³/mol. The van der Waals surface area contributed by atoms with E-state index in [9.17, 15) is 9.59 Å². The number of aromatic nitrogens is 1. The van der Waals surface area contributed by atoms with Crippen LogP contribution in [0.15, 0.2) is 60.0 Å². The van der Waals surface area contributed by atoms with Gasteiger partial charge in [-0.2, -0.15) is 0 Å². The molecular weight excluding hydrogens is 384 g/mol. The minimum absolute atomic E-state index is 0.270. The number of amides is 3. The minimum atomic E-state index is -0.456. The third-order valence-electron chi connectivity index (χ3n) is 3.58. The average Bonchev–Trinajstić information content (AvgIpc) is 3.11. The first kappa shape index (κ1) is 18.9. The molecule has 1 aromatic heterocycles. The van der Waals surface area contributed by atoms with Crippen LogP contribution >= 0.6 is 22.9 Å². The van der Waals surface area contributed by atoms with Gasteiger partial charge in [-0.15, -0.1) is 11.3 Å². The maximum absolute atomic E-state index is 12.2. The highest BCUT2D eigenvalue weighted by atomic mass is 35.5. The van der Waals surface area contributed by atoms with Gasteiger partial charge in [-0.1, -0.05) is 48.0 Å². The van der Waals surface area contributed by atoms with Gasteiger partial charge in [0.2, 0.25) is 0 Å². The number of halogens is 1. The van der Waals surface area contributed by atoms with E-state index in [-0.39, 0.29) is 11.6 Å². The van der Waals surface area contributed by atoms with Crippen LogP contribution in [0.1, 0.15) is 16.1 Å². The Kier molecular flexibility index (Phi) is 6.40. The number of carbonyl (C=O) groups is 2. The molecule has 0 spiro atoms. The standard InChI is InChI=1S/C19H17ClN4O2S/c20-14-7-4-8-15(11-14)22-18(26)24-19-23-16(12-27-19)17(25)21-10-9-13-5-2-1-3-6-13/h1-8,11-12H,9-10H2,(H,21,25)(H2,22,23,24,26). The fourth-order valence-electron chi connectivity index (χ4n) is 2.32. The number of anilines is 2. The highest BCUT2D eigenvalue weighted by Gasteiger charge is 2.12. The van der Waals surface area contributed by atoms with E-state index in [4.69, 9.17) is 11.6 Å². The summed E-state index contributed by atoms with van der Waals surface area (Å²) in [4.78, 5) is 28.3. The Morgan fingerprint density at radius 3 is 2.63 bits per heavy atom. The summed E-state index contributed by atoms with van der Waals surface area (Å²) in [7, 11) is 0. The van der Waals surface area contributed by atoms with Gasteiger partial charge in [0.15, 0.2) is 5.13 Å². The van der Waals surface area contributed by atoms with Crippen LogP contribution in [-0.2, 0) is 6.42 Å². The molecule has 0 aliphatic carbocycles. The number of urea groups is 1. The lowest BCUT2D eigenvalue weighted by molar-refractivity contribution is 0.0950. The van der Waals surface area contributed by atoms with Crippen molar-refractivity contribution in [1.82, 2.24) is 10.3 Å². The summed E-state index contributed by atoms with van der Waals surface area (Å²) < 4.78 is 0. The van der Waals surface area contributed by atoms with Gasteiger partial charge in [0.05, 0.1) is 0 Å². The number of hydrogen-bond acceptors (Lipinski definition) is 4. The average molecular weight is 401 g/mol. The van der Waals surface area contributed by atoms with Crippen molar-refractivity contribution in [2.45, 2.75) is 6.42 Å². The molecular formula is C19H17ClN4O2S. The molecule has 2 aromatic carbocycles. The Hall–Kier alpha value is -2.90. The van der Waals surface area contributed by atoms with Gasteiger partial charge in [0.25, 0.3) is 5.91 Å². The number of benzene rings is 2. The topological polar surface area (TPSA) is 83.1 Å². The van der Waals surface area contributed by atoms with Crippen LogP contribution < -0.4 is 16.0 Å². The van der Waals surface area contributed by atoms with E-state index in [2.05, 4.69) is 20.9 Å². The summed E-state index contributed by atoms with van der Waals surface area (Å²) in [5.74, 6) is -0.273. The molecule has 138 valence electrons. The summed E-state index contributed by atoms with van der Waals surface area (Å²) in [6, 6.07) is 16.2. The van der Waals surface area contributed by atoms with Crippen molar-refractivity contribution in [2.24, 2.45) is 0 Å². The highest BCUT2D eigenvalue weighted by molar-refractivity contribution is 7.14. The second kappa shape index (κ2) is 9.16. The third-order valence-corrected chi connectivity index (χ3v) is 4.57. The molecule has 6 nitrogen and oxygen atoms in total. The van der Waals surface area contributed by atoms with E-state index in [1.807, 2.05) is 30.3 Å². The number of nitrogens with zero attached hydrogens (tertiary/aromatic N) is 1. The molecule has 8 heteroatoms. The first-order valence-electron chi connectivity index (χ1n) is 8.21. The van der Waals surface area contributed by atoms with Crippen molar-refractivity contribution in [3.05, 3.63) is 76.3 Å². The van der Waals surface area contributed by atoms with Crippen LogP contribution in [0.25, 0.3) is 0 Å². The zero-order chi connectivity index (χ0) is 19.1. The Balaban J connectivity index is 1.48. The fraction of sp³-hybridized carbons (Fsp3) is 0.105. The lowest BCUT2D eigenvalue weighted by Crippen LogP contribution is -2.26. The Labute approximate surface area is 165 Å². The number of rotatable bonds is 6. The third kappa shape index (κ3) is 5.80. The lowest BCUT2D eigenvalue weighted by atomic mass is 10.1. The molecule has 0 saturated carbocycles. The molecule has 27 heavy (non-hydrogen) atoms. The van der Waals surface area contributed by atoms with Gasteiger partial charge in [-0.3, -0.25) is 10.1 Å². The largest absolute Gasteiger partial charge is 0.350 e. The van der Waals surface area contributed by atoms with Crippen LogP contribution in [0, 0.1) is 0 Å². The van der Waals surface area contributed by atoms with E-state index >= 15 is 0 Å². The maximum atomic E-state index is 12.2. The number of carbonyl (C=O) groups excluding carboxylic acids is 2. The summed E-state index contributed by atoms with van der Waals surface area (Å²) in [6.45, 7) is 0.512. The summed E-state index contributed by atoms with van der Waals surface area (Å²) in [5.41, 5.74) is 1.98. The van der Waals surface area contributed by atoms with Crippen LogP contribution in [0.5, 0.6) is 0 Å². The number of hydrogen-bond donors (Lipinski definition) is 3. The molecule has 0 atom stereocenters. The Bertz CT molecular complexity index is 930. The van der Waals surface area contributed by atoms with Gasteiger partial charge in [0, 0.05) is 22.6 Å². The monoisotopic (exact) mass is 400 g/mol. The van der Waals surface area contributed by atoms with Gasteiger partial charge in [-0.05, 0) is 30.2 Å². The molecule has 0 aliphatic rings. The molecule has 3 amide bonds. The first-order valence-corrected chi connectivity index (χ1v) is 9.47. The molecule has 0 aliphatic heterocycles. The molecule has 0 unspecified atom stereocenters. The molecule has 3 aromatic rings. The van der Waals surface area contributed by atoms with Crippen LogP contribution in [0.2, 0.25) is 5.02 Å². The summed E-state index contributed by atoms with van der Waals surface area (Å²) in [6.07, 6.45) is 0.740. The number of thiazole rings is 1. The van der Waals surface area contributed by atoms with E-state index in [1.165, 1.54) is 11.3 Å². The van der Waals surface area contributed by atoms with Crippen molar-refractivity contribution in [2.75, 3.05) is 17.2 Å². The van der Waals surface area contributed by atoms with Gasteiger partial charge < -0.3 is 10.6 Å². The maximum Gasteiger partial charge on any atom is 0.325 e. The van der Waals surface area contributed by atoms with Crippen LogP contribution in [0.3, 0.4) is 0 Å². The molecule has 3 rings (SSSR count). The second-order valence-electron chi connectivity index (χ2n) is 5.62. The highest BCUT2D eigenvalue weighted by Crippen LogP contribution is 2.18. The van der Waals surface area contributed by atoms with Gasteiger partial charge in [-0.25, -0.2) is 9.78 Å². The van der Waals surface area contributed by atoms with Gasteiger partial charge in [0.1, 0.15) is 5.69 Å². The molecule has 0 saturated heterocycles. The van der Waals surface area contributed by atoms with Crippen molar-refractivity contribution in [3.63, 3.8) is 0 Å². The van der Waals surface area contributed by atoms with E-state index in [1.54, 1.807) is 29.6 Å². The second-order valence-corrected chi connectivity index (χ2v) is 6.91. The zero-order valence-corrected chi connectivity index (χ0v) is 15.8. The molecule has 1 heterocycles.